The maximum Gasteiger partial charge on any atom is 0.407 e. The number of amides is 1. The first-order valence-corrected chi connectivity index (χ1v) is 7.12. The highest BCUT2D eigenvalue weighted by Crippen LogP contribution is 2.01. The Hall–Kier alpha value is -3.09. The van der Waals surface area contributed by atoms with Crippen LogP contribution >= 0.6 is 0 Å². The zero-order valence-corrected chi connectivity index (χ0v) is 13.1. The summed E-state index contributed by atoms with van der Waals surface area (Å²) in [6, 6.07) is 9.23. The molecule has 0 atom stereocenters. The minimum Gasteiger partial charge on any atom is -0.458 e. The molecule has 128 valence electrons. The highest BCUT2D eigenvalue weighted by molar-refractivity contribution is 5.81. The van der Waals surface area contributed by atoms with Crippen molar-refractivity contribution < 1.29 is 28.6 Å². The van der Waals surface area contributed by atoms with Crippen LogP contribution in [0.3, 0.4) is 0 Å². The van der Waals surface area contributed by atoms with E-state index in [0.29, 0.717) is 0 Å². The molecule has 0 unspecified atom stereocenters. The van der Waals surface area contributed by atoms with E-state index < -0.39 is 24.1 Å². The van der Waals surface area contributed by atoms with Crippen LogP contribution in [0.25, 0.3) is 0 Å². The smallest absolute Gasteiger partial charge is 0.407 e. The highest BCUT2D eigenvalue weighted by Gasteiger charge is 2.18. The van der Waals surface area contributed by atoms with Gasteiger partial charge in [0, 0.05) is 18.7 Å². The van der Waals surface area contributed by atoms with E-state index in [0.717, 1.165) is 17.7 Å². The van der Waals surface area contributed by atoms with Crippen LogP contribution in [0.2, 0.25) is 0 Å². The molecular formula is C17H19NO6. The van der Waals surface area contributed by atoms with Crippen LogP contribution in [-0.2, 0) is 30.3 Å². The summed E-state index contributed by atoms with van der Waals surface area (Å²) in [5, 5.41) is 2.55. The number of alkyl carbamates (subject to hydrolysis) is 1. The molecular weight excluding hydrogens is 314 g/mol. The Labute approximate surface area is 139 Å². The lowest BCUT2D eigenvalue weighted by Gasteiger charge is -2.17. The summed E-state index contributed by atoms with van der Waals surface area (Å²) in [6.07, 6.45) is 0.270. The number of carbonyl (C=O) groups excluding carboxylic acids is 3. The molecule has 1 amide bonds. The van der Waals surface area contributed by atoms with E-state index >= 15 is 0 Å². The molecule has 1 aromatic carbocycles. The van der Waals surface area contributed by atoms with Crippen molar-refractivity contribution in [2.24, 2.45) is 0 Å². The molecule has 0 aliphatic heterocycles. The van der Waals surface area contributed by atoms with Crippen LogP contribution in [-0.4, -0.2) is 37.3 Å². The van der Waals surface area contributed by atoms with E-state index in [9.17, 15) is 14.4 Å². The Morgan fingerprint density at radius 3 is 2.04 bits per heavy atom. The van der Waals surface area contributed by atoms with Gasteiger partial charge in [-0.1, -0.05) is 43.5 Å². The van der Waals surface area contributed by atoms with Crippen molar-refractivity contribution >= 4 is 18.0 Å². The lowest BCUT2D eigenvalue weighted by Crippen LogP contribution is -2.35. The fraction of sp³-hybridized carbons (Fsp3) is 0.235. The van der Waals surface area contributed by atoms with Crippen molar-refractivity contribution in [2.75, 3.05) is 13.2 Å². The van der Waals surface area contributed by atoms with Crippen molar-refractivity contribution in [1.29, 1.82) is 0 Å². The predicted octanol–water partition coefficient (Wildman–Crippen LogP) is 1.74. The highest BCUT2D eigenvalue weighted by atomic mass is 16.6. The van der Waals surface area contributed by atoms with Crippen LogP contribution in [0, 0.1) is 0 Å². The number of hydrogen-bond acceptors (Lipinski definition) is 6. The molecule has 0 heterocycles. The van der Waals surface area contributed by atoms with E-state index in [1.54, 1.807) is 0 Å². The summed E-state index contributed by atoms with van der Waals surface area (Å²) in [7, 11) is 0. The molecule has 1 rings (SSSR count). The average Bonchev–Trinajstić information content (AvgIpc) is 2.62. The van der Waals surface area contributed by atoms with Gasteiger partial charge < -0.3 is 19.5 Å². The number of nitrogens with one attached hydrogen (secondary N) is 1. The molecule has 0 saturated carbocycles. The number of carbonyl (C=O) groups is 3. The molecule has 24 heavy (non-hydrogen) atoms. The second-order valence-corrected chi connectivity index (χ2v) is 4.53. The van der Waals surface area contributed by atoms with Crippen molar-refractivity contribution in [2.45, 2.75) is 12.6 Å². The van der Waals surface area contributed by atoms with E-state index in [-0.39, 0.29) is 19.8 Å². The van der Waals surface area contributed by atoms with Crippen LogP contribution in [0.4, 0.5) is 4.79 Å². The lowest BCUT2D eigenvalue weighted by molar-refractivity contribution is -0.146. The number of rotatable bonds is 9. The summed E-state index contributed by atoms with van der Waals surface area (Å²) < 4.78 is 14.7. The second kappa shape index (κ2) is 10.6. The Balaban J connectivity index is 2.49. The monoisotopic (exact) mass is 333 g/mol. The van der Waals surface area contributed by atoms with Gasteiger partial charge in [0.2, 0.25) is 0 Å². The summed E-state index contributed by atoms with van der Waals surface area (Å²) in [4.78, 5) is 34.0. The average molecular weight is 333 g/mol. The van der Waals surface area contributed by atoms with E-state index in [4.69, 9.17) is 14.2 Å². The Morgan fingerprint density at radius 2 is 1.54 bits per heavy atom. The zero-order chi connectivity index (χ0) is 17.8. The SMILES string of the molecule is C=CC(=O)OCC(COC(=O)C=C)OC(=O)NCc1ccccc1. The fourth-order valence-corrected chi connectivity index (χ4v) is 1.55. The molecule has 0 aliphatic carbocycles. The minimum absolute atomic E-state index is 0.269. The second-order valence-electron chi connectivity index (χ2n) is 4.53. The van der Waals surface area contributed by atoms with Crippen LogP contribution in [0.15, 0.2) is 55.6 Å². The van der Waals surface area contributed by atoms with Gasteiger partial charge in [0.05, 0.1) is 0 Å². The third-order valence-corrected chi connectivity index (χ3v) is 2.71. The Morgan fingerprint density at radius 1 is 1.00 bits per heavy atom. The van der Waals surface area contributed by atoms with Gasteiger partial charge in [-0.3, -0.25) is 0 Å². The molecule has 1 N–H and O–H groups in total. The third kappa shape index (κ3) is 7.79. The molecule has 1 aromatic rings. The van der Waals surface area contributed by atoms with Crippen LogP contribution in [0.5, 0.6) is 0 Å². The number of benzene rings is 1. The molecule has 0 radical (unpaired) electrons. The van der Waals surface area contributed by atoms with Crippen molar-refractivity contribution in [3.05, 3.63) is 61.2 Å². The zero-order valence-electron chi connectivity index (χ0n) is 13.1. The summed E-state index contributed by atoms with van der Waals surface area (Å²) >= 11 is 0. The molecule has 0 spiro atoms. The van der Waals surface area contributed by atoms with Gasteiger partial charge in [-0.25, -0.2) is 14.4 Å². The quantitative estimate of drug-likeness (QED) is 0.420. The predicted molar refractivity (Wildman–Crippen MR) is 85.9 cm³/mol. The topological polar surface area (TPSA) is 90.9 Å². The van der Waals surface area contributed by atoms with Gasteiger partial charge in [0.1, 0.15) is 13.2 Å². The molecule has 0 aliphatic rings. The van der Waals surface area contributed by atoms with E-state index in [1.165, 1.54) is 0 Å². The molecule has 0 saturated heterocycles. The van der Waals surface area contributed by atoms with Gasteiger partial charge in [-0.05, 0) is 5.56 Å². The van der Waals surface area contributed by atoms with Gasteiger partial charge in [-0.2, -0.15) is 0 Å². The number of hydrogen-bond donors (Lipinski definition) is 1. The Bertz CT molecular complexity index is 560. The van der Waals surface area contributed by atoms with Gasteiger partial charge in [0.25, 0.3) is 0 Å². The van der Waals surface area contributed by atoms with Crippen LogP contribution < -0.4 is 5.32 Å². The van der Waals surface area contributed by atoms with Crippen molar-refractivity contribution in [3.63, 3.8) is 0 Å². The Kier molecular flexibility index (Phi) is 8.38. The van der Waals surface area contributed by atoms with E-state index in [1.807, 2.05) is 30.3 Å². The summed E-state index contributed by atoms with van der Waals surface area (Å²) in [5.41, 5.74) is 0.891. The standard InChI is InChI=1S/C17H19NO6/c1-3-15(19)22-11-14(12-23-16(20)4-2)24-17(21)18-10-13-8-6-5-7-9-13/h3-9,14H,1-2,10-12H2,(H,18,21). The van der Waals surface area contributed by atoms with Crippen LogP contribution in [0.1, 0.15) is 5.56 Å². The number of ether oxygens (including phenoxy) is 3. The first kappa shape index (κ1) is 19.0. The lowest BCUT2D eigenvalue weighted by atomic mass is 10.2. The fourth-order valence-electron chi connectivity index (χ4n) is 1.55. The molecule has 7 heteroatoms. The van der Waals surface area contributed by atoms with E-state index in [2.05, 4.69) is 18.5 Å². The minimum atomic E-state index is -0.950. The molecule has 0 aromatic heterocycles. The van der Waals surface area contributed by atoms with Crippen molar-refractivity contribution in [1.82, 2.24) is 5.32 Å². The summed E-state index contributed by atoms with van der Waals surface area (Å²) in [6.45, 7) is 6.24. The maximum absolute atomic E-state index is 11.8. The number of esters is 2. The largest absolute Gasteiger partial charge is 0.458 e. The first-order valence-electron chi connectivity index (χ1n) is 7.12. The molecule has 0 fully saturated rings. The molecule has 0 bridgehead atoms. The van der Waals surface area contributed by atoms with Crippen molar-refractivity contribution in [3.8, 4) is 0 Å². The van der Waals surface area contributed by atoms with Gasteiger partial charge in [0.15, 0.2) is 6.10 Å². The first-order chi connectivity index (χ1) is 11.5. The van der Waals surface area contributed by atoms with Gasteiger partial charge in [-0.15, -0.1) is 0 Å². The third-order valence-electron chi connectivity index (χ3n) is 2.71. The maximum atomic E-state index is 11.8. The van der Waals surface area contributed by atoms with Gasteiger partial charge >= 0.3 is 18.0 Å². The summed E-state index contributed by atoms with van der Waals surface area (Å²) in [5.74, 6) is -1.35. The molecule has 7 nitrogen and oxygen atoms in total. The normalized spacial score (nSPS) is 9.71.